The highest BCUT2D eigenvalue weighted by atomic mass is 32.1. The Morgan fingerprint density at radius 3 is 2.44 bits per heavy atom. The van der Waals surface area contributed by atoms with E-state index in [2.05, 4.69) is 59.8 Å². The number of hydrogen-bond donors (Lipinski definition) is 3. The second-order valence-electron chi connectivity index (χ2n) is 19.2. The second-order valence-corrected chi connectivity index (χ2v) is 19.2. The molecule has 2 fully saturated rings. The maximum Gasteiger partial charge on any atom is 0.324 e. The van der Waals surface area contributed by atoms with Crippen molar-refractivity contribution < 1.29 is 38.6 Å². The Hall–Kier alpha value is -4.66. The first-order valence-electron chi connectivity index (χ1n) is 23.1. The molecule has 0 saturated carbocycles. The number of esters is 1. The number of carbonyl (C=O) groups is 5. The average Bonchev–Trinajstić information content (AvgIpc) is 3.92. The van der Waals surface area contributed by atoms with Crippen LogP contribution in [0, 0.1) is 17.3 Å². The van der Waals surface area contributed by atoms with Gasteiger partial charge in [-0.15, -0.1) is 0 Å². The lowest BCUT2D eigenvalue weighted by molar-refractivity contribution is -0.155. The highest BCUT2D eigenvalue weighted by Crippen LogP contribution is 2.42. The number of rotatable bonds is 10. The van der Waals surface area contributed by atoms with Crippen molar-refractivity contribution in [1.82, 2.24) is 35.1 Å². The van der Waals surface area contributed by atoms with Gasteiger partial charge in [-0.05, 0) is 110 Å². The van der Waals surface area contributed by atoms with E-state index in [9.17, 15) is 29.1 Å². The second kappa shape index (κ2) is 25.1. The van der Waals surface area contributed by atoms with Crippen LogP contribution in [0.1, 0.15) is 83.6 Å². The number of carbonyl (C=O) groups excluding carboxylic acids is 5. The number of likely N-dealkylation sites (tertiary alicyclic amines) is 1. The molecule has 2 aromatic heterocycles. The van der Waals surface area contributed by atoms with Gasteiger partial charge in [0.1, 0.15) is 23.9 Å². The molecule has 6 bridgehead atoms. The molecule has 0 aliphatic carbocycles. The van der Waals surface area contributed by atoms with Crippen LogP contribution in [0.15, 0.2) is 67.5 Å². The zero-order valence-electron chi connectivity index (χ0n) is 41.6. The molecule has 0 spiro atoms. The molecule has 15 nitrogen and oxygen atoms in total. The third-order valence-electron chi connectivity index (χ3n) is 13.4. The Morgan fingerprint density at radius 1 is 1.04 bits per heavy atom. The maximum absolute atomic E-state index is 14.7. The van der Waals surface area contributed by atoms with Crippen molar-refractivity contribution in [1.29, 1.82) is 0 Å². The van der Waals surface area contributed by atoms with Gasteiger partial charge in [-0.1, -0.05) is 46.4 Å². The third kappa shape index (κ3) is 12.7. The largest absolute Gasteiger partial charge is 0.508 e. The number of nitrogens with one attached hydrogen (secondary N) is 2. The molecule has 3 N–H and O–H groups in total. The van der Waals surface area contributed by atoms with E-state index in [1.807, 2.05) is 45.2 Å². The number of fused-ring (bicyclic) bond motifs is 6. The first kappa shape index (κ1) is 59.6. The number of phenolic OH excluding ortho intramolecular Hbond substituents is 1. The summed E-state index contributed by atoms with van der Waals surface area (Å²) in [6, 6.07) is 10.5. The smallest absolute Gasteiger partial charge is 0.324 e. The van der Waals surface area contributed by atoms with E-state index < -0.39 is 47.2 Å². The van der Waals surface area contributed by atoms with E-state index >= 15 is 0 Å². The molecule has 384 valence electrons. The molecule has 2 aromatic carbocycles. The fraction of sp³-hybridized carbons (Fsp3) is 0.490. The van der Waals surface area contributed by atoms with Crippen LogP contribution in [0.3, 0.4) is 0 Å². The van der Waals surface area contributed by atoms with Crippen LogP contribution >= 0.6 is 54.0 Å². The molecule has 3 aliphatic heterocycles. The highest BCUT2D eigenvalue weighted by Gasteiger charge is 2.40. The van der Waals surface area contributed by atoms with Crippen LogP contribution in [-0.4, -0.2) is 118 Å². The number of aryl methyl sites for hydroxylation is 1. The first-order chi connectivity index (χ1) is 31.4. The fourth-order valence-electron chi connectivity index (χ4n) is 10.00. The van der Waals surface area contributed by atoms with Crippen molar-refractivity contribution in [3.8, 4) is 28.1 Å². The molecule has 5 atom stereocenters. The molecule has 0 unspecified atom stereocenters. The monoisotopic (exact) mass is 1040 g/mol. The quantitative estimate of drug-likeness (QED) is 0.119. The molecule has 7 rings (SSSR count). The third-order valence-corrected chi connectivity index (χ3v) is 13.4. The lowest BCUT2D eigenvalue weighted by Crippen LogP contribution is -2.62. The van der Waals surface area contributed by atoms with Crippen molar-refractivity contribution in [2.75, 3.05) is 40.4 Å². The molecule has 3 aliphatic rings. The lowest BCUT2D eigenvalue weighted by Gasteiger charge is -2.37. The molecule has 0 radical (unpaired) electrons. The van der Waals surface area contributed by atoms with Crippen LogP contribution in [0.2, 0.25) is 0 Å². The summed E-state index contributed by atoms with van der Waals surface area (Å²) in [5, 5.41) is 16.7. The number of cyclic esters (lactones) is 1. The number of ether oxygens (including phenoxy) is 2. The van der Waals surface area contributed by atoms with E-state index in [4.69, 9.17) is 9.47 Å². The summed E-state index contributed by atoms with van der Waals surface area (Å²) in [7, 11) is 3.27. The van der Waals surface area contributed by atoms with Gasteiger partial charge >= 0.3 is 5.97 Å². The number of benzene rings is 2. The highest BCUT2D eigenvalue weighted by molar-refractivity contribution is 7.59. The topological polar surface area (TPSA) is 176 Å². The predicted molar refractivity (Wildman–Crippen MR) is 293 cm³/mol. The number of amides is 4. The van der Waals surface area contributed by atoms with E-state index in [0.717, 1.165) is 38.9 Å². The number of hydrogen-bond acceptors (Lipinski definition) is 10. The van der Waals surface area contributed by atoms with Gasteiger partial charge in [-0.25, -0.2) is 5.43 Å². The molecule has 70 heavy (non-hydrogen) atoms. The van der Waals surface area contributed by atoms with Gasteiger partial charge < -0.3 is 34.3 Å². The Bertz CT molecular complexity index is 2540. The number of likely N-dealkylation sites (N-methyl/N-ethyl adjacent to an activating group) is 1. The summed E-state index contributed by atoms with van der Waals surface area (Å²) >= 11 is 0. The van der Waals surface area contributed by atoms with Crippen molar-refractivity contribution in [2.45, 2.75) is 104 Å². The Balaban J connectivity index is 0.00000324. The van der Waals surface area contributed by atoms with Gasteiger partial charge in [0, 0.05) is 81.0 Å². The van der Waals surface area contributed by atoms with Gasteiger partial charge in [0.05, 0.1) is 24.3 Å². The Labute approximate surface area is 440 Å². The van der Waals surface area contributed by atoms with Gasteiger partial charge in [0.25, 0.3) is 5.91 Å². The molecular weight excluding hydrogens is 967 g/mol. The molecule has 19 heteroatoms. The summed E-state index contributed by atoms with van der Waals surface area (Å²) in [4.78, 5) is 76.9. The lowest BCUT2D eigenvalue weighted by atomic mass is 9.84. The summed E-state index contributed by atoms with van der Waals surface area (Å²) in [6.07, 6.45) is 6.60. The number of phenols is 1. The molecule has 4 amide bonds. The number of aromatic nitrogens is 2. The molecule has 4 aromatic rings. The van der Waals surface area contributed by atoms with E-state index in [0.29, 0.717) is 49.9 Å². The maximum atomic E-state index is 14.7. The Morgan fingerprint density at radius 2 is 1.77 bits per heavy atom. The summed E-state index contributed by atoms with van der Waals surface area (Å²) < 4.78 is 14.2. The summed E-state index contributed by atoms with van der Waals surface area (Å²) in [5.41, 5.74) is 9.71. The first-order valence-corrected chi connectivity index (χ1v) is 23.1. The SMILES string of the molecule is C=CC(=O)N1CC[C@H](C(=O)N(C)[C@H](C(=O)N[C@H]2Cc3cc(O)cc(c3)-c3ccc4c(c3)c(c(-c3cnccc3[C@H](C)OC)n4CC)CC(C)(C)COC(=O)[C@@H]3CCCN(N3)C2=O)C(C)C)C1.S.S.S.S. The number of nitrogens with zero attached hydrogens (tertiary/aromatic N) is 5. The minimum absolute atomic E-state index is 0. The van der Waals surface area contributed by atoms with Crippen molar-refractivity contribution in [3.63, 3.8) is 0 Å². The standard InChI is InChI=1S/C51H65N7O8.4H2S/c1-10-44(60)56-20-17-34(28-56)48(62)55(8)45(30(3)4)47(61)53-42-23-32-21-35(24-36(59)22-32)33-14-15-43-38(25-33)39(46(57(43)11-2)40-27-52-18-16-37(40)31(5)65-9)26-51(6,7)29-66-50(64)41-13-12-19-58(54-41)49(42)63;;;;/h10,14-16,18,21-22,24-25,27,30-31,34,41-42,45,54,59H,1,11-13,17,19-20,23,26,28-29H2,2-9H3,(H,53,61);4*1H2/t31-,34-,41-,42-,45-;;;;/m0..../s1. The van der Waals surface area contributed by atoms with Crippen LogP contribution in [0.25, 0.3) is 33.3 Å². The number of methoxy groups -OCH3 is 1. The fourth-order valence-corrected chi connectivity index (χ4v) is 10.00. The van der Waals surface area contributed by atoms with E-state index in [-0.39, 0.29) is 110 Å². The average molecular weight is 1040 g/mol. The summed E-state index contributed by atoms with van der Waals surface area (Å²) in [6.45, 7) is 17.2. The van der Waals surface area contributed by atoms with Gasteiger partial charge in [0.2, 0.25) is 17.7 Å². The molecule has 5 heterocycles. The van der Waals surface area contributed by atoms with Crippen molar-refractivity contribution in [2.24, 2.45) is 17.3 Å². The predicted octanol–water partition coefficient (Wildman–Crippen LogP) is 6.42. The Kier molecular flexibility index (Phi) is 21.4. The number of hydrazine groups is 1. The molecular formula is C51H73N7O8S4. The zero-order chi connectivity index (χ0) is 47.6. The van der Waals surface area contributed by atoms with Crippen molar-refractivity contribution in [3.05, 3.63) is 84.2 Å². The van der Waals surface area contributed by atoms with Gasteiger partial charge in [-0.2, -0.15) is 54.0 Å². The zero-order valence-corrected chi connectivity index (χ0v) is 45.6. The van der Waals surface area contributed by atoms with Crippen LogP contribution < -0.4 is 10.7 Å². The summed E-state index contributed by atoms with van der Waals surface area (Å²) in [5.74, 6) is -2.87. The normalized spacial score (nSPS) is 19.8. The van der Waals surface area contributed by atoms with Gasteiger partial charge in [0.15, 0.2) is 0 Å². The number of pyridine rings is 1. The molecule has 2 saturated heterocycles. The minimum Gasteiger partial charge on any atom is -0.508 e. The van der Waals surface area contributed by atoms with Gasteiger partial charge in [-0.3, -0.25) is 34.0 Å². The number of aromatic hydroxyl groups is 1. The van der Waals surface area contributed by atoms with Crippen LogP contribution in [-0.2, 0) is 52.8 Å². The van der Waals surface area contributed by atoms with Crippen LogP contribution in [0.5, 0.6) is 5.75 Å². The van der Waals surface area contributed by atoms with E-state index in [1.165, 1.54) is 16.0 Å². The van der Waals surface area contributed by atoms with Crippen molar-refractivity contribution >= 4 is 94.5 Å². The van der Waals surface area contributed by atoms with Crippen LogP contribution in [0.4, 0.5) is 0 Å². The minimum atomic E-state index is -1.16. The van der Waals surface area contributed by atoms with E-state index in [1.54, 1.807) is 37.4 Å².